The molecule has 0 saturated heterocycles. The molecule has 2 atom stereocenters. The molecule has 0 aromatic heterocycles. The highest BCUT2D eigenvalue weighted by atomic mass is 127. The molecule has 0 radical (unpaired) electrons. The van der Waals surface area contributed by atoms with Gasteiger partial charge < -0.3 is 14.2 Å². The topological polar surface area (TPSA) is 61.8 Å². The number of carbonyl (C=O) groups excluding carboxylic acids is 2. The summed E-state index contributed by atoms with van der Waals surface area (Å²) in [6.07, 6.45) is 0.700. The van der Waals surface area contributed by atoms with E-state index < -0.39 is 29.4 Å². The van der Waals surface area contributed by atoms with Gasteiger partial charge in [0.15, 0.2) is 0 Å². The first-order chi connectivity index (χ1) is 20.6. The van der Waals surface area contributed by atoms with Gasteiger partial charge in [0.2, 0.25) is 0 Å². The van der Waals surface area contributed by atoms with Crippen molar-refractivity contribution in [2.75, 3.05) is 7.11 Å². The number of methoxy groups -OCH3 is 1. The van der Waals surface area contributed by atoms with Crippen molar-refractivity contribution >= 4 is 34.5 Å². The average Bonchev–Trinajstić information content (AvgIpc) is 3.02. The minimum atomic E-state index is -0.740. The summed E-state index contributed by atoms with van der Waals surface area (Å²) in [5, 5.41) is 0. The van der Waals surface area contributed by atoms with E-state index in [0.29, 0.717) is 12.8 Å². The predicted octanol–water partition coefficient (Wildman–Crippen LogP) is 8.40. The number of benzene rings is 4. The van der Waals surface area contributed by atoms with Crippen LogP contribution < -0.4 is 4.74 Å². The molecule has 0 unspecified atom stereocenters. The van der Waals surface area contributed by atoms with Crippen LogP contribution in [0.2, 0.25) is 0 Å². The summed E-state index contributed by atoms with van der Waals surface area (Å²) in [7, 11) is 1.61. The highest BCUT2D eigenvalue weighted by Crippen LogP contribution is 2.29. The fourth-order valence-corrected chi connectivity index (χ4v) is 5.39. The largest absolute Gasteiger partial charge is 0.497 e. The first-order valence-corrected chi connectivity index (χ1v) is 16.0. The maximum Gasteiger partial charge on any atom is 0.310 e. The third kappa shape index (κ3) is 9.68. The van der Waals surface area contributed by atoms with Crippen LogP contribution in [0.4, 0.5) is 0 Å². The highest BCUT2D eigenvalue weighted by molar-refractivity contribution is 14.1. The molecule has 6 heteroatoms. The van der Waals surface area contributed by atoms with Crippen LogP contribution in [0.1, 0.15) is 43.0 Å². The molecule has 224 valence electrons. The molecule has 43 heavy (non-hydrogen) atoms. The number of hydrogen-bond acceptors (Lipinski definition) is 5. The van der Waals surface area contributed by atoms with Gasteiger partial charge in [-0.1, -0.05) is 114 Å². The molecule has 0 amide bonds. The Kier molecular flexibility index (Phi) is 11.4. The van der Waals surface area contributed by atoms with E-state index in [0.717, 1.165) is 38.0 Å². The maximum absolute atomic E-state index is 13.8. The summed E-state index contributed by atoms with van der Waals surface area (Å²) in [5.74, 6) is -1.59. The zero-order valence-corrected chi connectivity index (χ0v) is 27.4. The lowest BCUT2D eigenvalue weighted by molar-refractivity contribution is -0.168. The number of rotatable bonds is 12. The number of carbonyl (C=O) groups is 2. The number of hydrogen-bond donors (Lipinski definition) is 0. The van der Waals surface area contributed by atoms with E-state index >= 15 is 0 Å². The monoisotopic (exact) mass is 690 g/mol. The van der Waals surface area contributed by atoms with Crippen LogP contribution in [-0.2, 0) is 42.9 Å². The van der Waals surface area contributed by atoms with Gasteiger partial charge in [0.05, 0.1) is 18.9 Å². The quantitative estimate of drug-likeness (QED) is 0.0849. The Balaban J connectivity index is 1.61. The van der Waals surface area contributed by atoms with E-state index in [-0.39, 0.29) is 6.61 Å². The summed E-state index contributed by atoms with van der Waals surface area (Å²) >= 11 is 2.36. The van der Waals surface area contributed by atoms with Crippen molar-refractivity contribution in [2.24, 2.45) is 11.8 Å². The van der Waals surface area contributed by atoms with Crippen molar-refractivity contribution in [3.63, 3.8) is 0 Å². The first kappa shape index (κ1) is 32.3. The summed E-state index contributed by atoms with van der Waals surface area (Å²) in [4.78, 5) is 27.5. The Labute approximate surface area is 268 Å². The normalized spacial score (nSPS) is 12.7. The van der Waals surface area contributed by atoms with E-state index in [4.69, 9.17) is 14.2 Å². The van der Waals surface area contributed by atoms with E-state index in [9.17, 15) is 9.59 Å². The Hall–Kier alpha value is -3.65. The number of ether oxygens (including phenoxy) is 3. The van der Waals surface area contributed by atoms with Gasteiger partial charge in [-0.25, -0.2) is 0 Å². The van der Waals surface area contributed by atoms with Crippen molar-refractivity contribution in [2.45, 2.75) is 50.2 Å². The number of esters is 2. The second kappa shape index (κ2) is 15.2. The molecule has 0 heterocycles. The highest BCUT2D eigenvalue weighted by Gasteiger charge is 2.38. The fourth-order valence-electron chi connectivity index (χ4n) is 4.88. The minimum absolute atomic E-state index is 0.0974. The van der Waals surface area contributed by atoms with E-state index in [1.807, 2.05) is 87.5 Å². The number of halogens is 1. The molecule has 4 rings (SSSR count). The number of alkyl halides is 1. The molecule has 5 nitrogen and oxygen atoms in total. The lowest BCUT2D eigenvalue weighted by Gasteiger charge is -2.28. The van der Waals surface area contributed by atoms with E-state index in [1.54, 1.807) is 7.11 Å². The van der Waals surface area contributed by atoms with Crippen molar-refractivity contribution in [3.8, 4) is 16.9 Å². The summed E-state index contributed by atoms with van der Waals surface area (Å²) in [6, 6.07) is 33.8. The molecular formula is C37H39IO5. The van der Waals surface area contributed by atoms with Gasteiger partial charge in [-0.15, -0.1) is 0 Å². The van der Waals surface area contributed by atoms with Crippen LogP contribution in [0.25, 0.3) is 11.1 Å². The third-order valence-electron chi connectivity index (χ3n) is 7.19. The van der Waals surface area contributed by atoms with Gasteiger partial charge in [-0.3, -0.25) is 9.59 Å². The zero-order chi connectivity index (χ0) is 30.8. The molecule has 0 aliphatic rings. The van der Waals surface area contributed by atoms with Crippen molar-refractivity contribution in [3.05, 3.63) is 125 Å². The molecule has 4 aromatic rings. The Morgan fingerprint density at radius 2 is 1.14 bits per heavy atom. The maximum atomic E-state index is 13.8. The molecule has 0 spiro atoms. The van der Waals surface area contributed by atoms with Crippen molar-refractivity contribution < 1.29 is 23.8 Å². The smallest absolute Gasteiger partial charge is 0.310 e. The van der Waals surface area contributed by atoms with Gasteiger partial charge in [0.1, 0.15) is 18.0 Å². The summed E-state index contributed by atoms with van der Waals surface area (Å²) in [6.45, 7) is 5.62. The van der Waals surface area contributed by atoms with Crippen LogP contribution in [-0.4, -0.2) is 24.6 Å². The van der Waals surface area contributed by atoms with Crippen LogP contribution in [0.15, 0.2) is 103 Å². The predicted molar refractivity (Wildman–Crippen MR) is 179 cm³/mol. The fraction of sp³-hybridized carbons (Fsp3) is 0.297. The van der Waals surface area contributed by atoms with Gasteiger partial charge in [0.25, 0.3) is 0 Å². The van der Waals surface area contributed by atoms with Gasteiger partial charge in [-0.05, 0) is 79.1 Å². The Morgan fingerprint density at radius 1 is 0.651 bits per heavy atom. The van der Waals surface area contributed by atoms with Crippen molar-refractivity contribution in [1.82, 2.24) is 0 Å². The van der Waals surface area contributed by atoms with Gasteiger partial charge in [-0.2, -0.15) is 0 Å². The second-order valence-electron chi connectivity index (χ2n) is 11.6. The lowest BCUT2D eigenvalue weighted by atomic mass is 9.82. The molecule has 0 saturated carbocycles. The molecule has 0 aliphatic carbocycles. The van der Waals surface area contributed by atoms with E-state index in [2.05, 4.69) is 59.0 Å². The Bertz CT molecular complexity index is 1460. The molecule has 0 bridgehead atoms. The summed E-state index contributed by atoms with van der Waals surface area (Å²) < 4.78 is 17.9. The second-order valence-corrected chi connectivity index (χ2v) is 12.4. The molecule has 0 N–H and O–H groups in total. The average molecular weight is 691 g/mol. The molecular weight excluding hydrogens is 651 g/mol. The van der Waals surface area contributed by atoms with E-state index in [1.165, 1.54) is 5.56 Å². The standard InChI is InChI=1S/C37H39IO5/c1-37(2,3)43-36(40)34(23-27-10-16-30(17-11-27)31-18-12-28(24-38)13-19-31)33(22-26-8-6-5-7-9-26)35(39)42-25-29-14-20-32(41-4)21-15-29/h5-21,33-34H,22-25H2,1-4H3/t33-,34+/m1/s1. The van der Waals surface area contributed by atoms with Crippen molar-refractivity contribution in [1.29, 1.82) is 0 Å². The van der Waals surface area contributed by atoms with Gasteiger partial charge >= 0.3 is 11.9 Å². The minimum Gasteiger partial charge on any atom is -0.497 e. The molecule has 0 aliphatic heterocycles. The Morgan fingerprint density at radius 3 is 1.65 bits per heavy atom. The zero-order valence-electron chi connectivity index (χ0n) is 25.2. The first-order valence-electron chi connectivity index (χ1n) is 14.5. The van der Waals surface area contributed by atoms with Crippen LogP contribution >= 0.6 is 22.6 Å². The summed E-state index contributed by atoms with van der Waals surface area (Å²) in [5.41, 5.74) is 5.55. The lowest BCUT2D eigenvalue weighted by Crippen LogP contribution is -2.38. The van der Waals surface area contributed by atoms with Gasteiger partial charge in [0, 0.05) is 4.43 Å². The molecule has 4 aromatic carbocycles. The van der Waals surface area contributed by atoms with Crippen LogP contribution in [0, 0.1) is 11.8 Å². The third-order valence-corrected chi connectivity index (χ3v) is 8.07. The molecule has 0 fully saturated rings. The van der Waals surface area contributed by atoms with Crippen LogP contribution in [0.5, 0.6) is 5.75 Å². The van der Waals surface area contributed by atoms with Crippen LogP contribution in [0.3, 0.4) is 0 Å². The SMILES string of the molecule is COc1ccc(COC(=O)[C@H](Cc2ccccc2)[C@H](Cc2ccc(-c3ccc(CI)cc3)cc2)C(=O)OC(C)(C)C)cc1.